The van der Waals surface area contributed by atoms with Crippen LogP contribution in [0.5, 0.6) is 0 Å². The predicted molar refractivity (Wildman–Crippen MR) is 59.2 cm³/mol. The van der Waals surface area contributed by atoms with Gasteiger partial charge in [0.25, 0.3) is 0 Å². The van der Waals surface area contributed by atoms with Crippen molar-refractivity contribution < 1.29 is 14.4 Å². The molecule has 0 saturated carbocycles. The molecule has 0 aromatic rings. The SMILES string of the molecule is CCCCCC(C(=O)Cl)(C(=O)Cl)C(=O)Cl. The van der Waals surface area contributed by atoms with Crippen LogP contribution in [-0.4, -0.2) is 15.7 Å². The summed E-state index contributed by atoms with van der Waals surface area (Å²) in [6, 6.07) is 0. The smallest absolute Gasteiger partial charge is 0.245 e. The molecule has 0 bridgehead atoms. The van der Waals surface area contributed by atoms with E-state index >= 15 is 0 Å². The van der Waals surface area contributed by atoms with Crippen LogP contribution in [0.15, 0.2) is 0 Å². The van der Waals surface area contributed by atoms with Gasteiger partial charge in [0.1, 0.15) is 0 Å². The average Bonchev–Trinajstić information content (AvgIpc) is 2.10. The van der Waals surface area contributed by atoms with Crippen LogP contribution in [0.25, 0.3) is 0 Å². The summed E-state index contributed by atoms with van der Waals surface area (Å²) in [7, 11) is 0. The van der Waals surface area contributed by atoms with Gasteiger partial charge in [-0.25, -0.2) is 0 Å². The third-order valence-corrected chi connectivity index (χ3v) is 3.13. The zero-order valence-corrected chi connectivity index (χ0v) is 10.5. The first-order chi connectivity index (χ1) is 6.89. The second-order valence-electron chi connectivity index (χ2n) is 3.18. The molecule has 0 saturated heterocycles. The molecule has 0 heterocycles. The van der Waals surface area contributed by atoms with Gasteiger partial charge in [-0.3, -0.25) is 14.4 Å². The molecule has 0 rings (SSSR count). The summed E-state index contributed by atoms with van der Waals surface area (Å²) >= 11 is 15.7. The van der Waals surface area contributed by atoms with Gasteiger partial charge in [0.15, 0.2) is 5.41 Å². The van der Waals surface area contributed by atoms with Crippen LogP contribution < -0.4 is 0 Å². The summed E-state index contributed by atoms with van der Waals surface area (Å²) in [5.41, 5.74) is -2.07. The van der Waals surface area contributed by atoms with E-state index in [4.69, 9.17) is 34.8 Å². The van der Waals surface area contributed by atoms with Crippen molar-refractivity contribution in [1.29, 1.82) is 0 Å². The molecule has 0 unspecified atom stereocenters. The zero-order chi connectivity index (χ0) is 12.1. The van der Waals surface area contributed by atoms with E-state index < -0.39 is 21.1 Å². The number of rotatable bonds is 7. The summed E-state index contributed by atoms with van der Waals surface area (Å²) in [5, 5.41) is -3.34. The Morgan fingerprint density at radius 2 is 1.33 bits per heavy atom. The normalized spacial score (nSPS) is 11.2. The van der Waals surface area contributed by atoms with Gasteiger partial charge in [-0.05, 0) is 41.2 Å². The Balaban J connectivity index is 4.90. The maximum absolute atomic E-state index is 11.1. The predicted octanol–water partition coefficient (Wildman–Crippen LogP) is 2.85. The van der Waals surface area contributed by atoms with Crippen LogP contribution in [-0.2, 0) is 14.4 Å². The summed E-state index contributed by atoms with van der Waals surface area (Å²) in [4.78, 5) is 33.3. The molecule has 0 aromatic carbocycles. The quantitative estimate of drug-likeness (QED) is 0.407. The van der Waals surface area contributed by atoms with E-state index in [9.17, 15) is 14.4 Å². The molecule has 0 atom stereocenters. The lowest BCUT2D eigenvalue weighted by atomic mass is 9.86. The van der Waals surface area contributed by atoms with E-state index in [-0.39, 0.29) is 6.42 Å². The molecule has 15 heavy (non-hydrogen) atoms. The lowest BCUT2D eigenvalue weighted by Crippen LogP contribution is -2.39. The summed E-state index contributed by atoms with van der Waals surface area (Å²) in [6.45, 7) is 1.94. The van der Waals surface area contributed by atoms with Gasteiger partial charge in [0.2, 0.25) is 15.7 Å². The van der Waals surface area contributed by atoms with Crippen molar-refractivity contribution in [2.75, 3.05) is 0 Å². The lowest BCUT2D eigenvalue weighted by molar-refractivity contribution is -0.139. The molecule has 0 aromatic heterocycles. The van der Waals surface area contributed by atoms with E-state index in [1.807, 2.05) is 6.92 Å². The molecule has 0 aliphatic rings. The van der Waals surface area contributed by atoms with E-state index in [0.717, 1.165) is 12.8 Å². The Kier molecular flexibility index (Phi) is 6.41. The second kappa shape index (κ2) is 6.46. The Morgan fingerprint density at radius 3 is 1.60 bits per heavy atom. The van der Waals surface area contributed by atoms with Crippen molar-refractivity contribution in [2.24, 2.45) is 5.41 Å². The number of hydrogen-bond acceptors (Lipinski definition) is 3. The van der Waals surface area contributed by atoms with Crippen LogP contribution in [0.3, 0.4) is 0 Å². The van der Waals surface area contributed by atoms with E-state index in [1.165, 1.54) is 0 Å². The van der Waals surface area contributed by atoms with Gasteiger partial charge in [0.05, 0.1) is 0 Å². The highest BCUT2D eigenvalue weighted by Crippen LogP contribution is 2.33. The number of hydrogen-bond donors (Lipinski definition) is 0. The molecular weight excluding hydrogens is 262 g/mol. The van der Waals surface area contributed by atoms with Gasteiger partial charge in [-0.15, -0.1) is 0 Å². The molecule has 3 nitrogen and oxygen atoms in total. The number of halogens is 3. The average molecular weight is 274 g/mol. The van der Waals surface area contributed by atoms with E-state index in [2.05, 4.69) is 0 Å². The summed E-state index contributed by atoms with van der Waals surface area (Å²) in [5.74, 6) is 0. The Hall–Kier alpha value is -0.120. The molecule has 0 radical (unpaired) electrons. The largest absolute Gasteiger partial charge is 0.280 e. The monoisotopic (exact) mass is 272 g/mol. The topological polar surface area (TPSA) is 51.2 Å². The van der Waals surface area contributed by atoms with Gasteiger partial charge >= 0.3 is 0 Å². The van der Waals surface area contributed by atoms with Crippen molar-refractivity contribution in [1.82, 2.24) is 0 Å². The minimum atomic E-state index is -2.07. The number of carbonyl (C=O) groups excluding carboxylic acids is 3. The van der Waals surface area contributed by atoms with Crippen molar-refractivity contribution >= 4 is 50.5 Å². The Bertz CT molecular complexity index is 240. The van der Waals surface area contributed by atoms with Crippen molar-refractivity contribution in [3.8, 4) is 0 Å². The van der Waals surface area contributed by atoms with Gasteiger partial charge in [-0.1, -0.05) is 26.2 Å². The van der Waals surface area contributed by atoms with Crippen molar-refractivity contribution in [3.05, 3.63) is 0 Å². The first kappa shape index (κ1) is 14.9. The summed E-state index contributed by atoms with van der Waals surface area (Å²) < 4.78 is 0. The van der Waals surface area contributed by atoms with Crippen LogP contribution >= 0.6 is 34.8 Å². The van der Waals surface area contributed by atoms with Gasteiger partial charge < -0.3 is 0 Å². The van der Waals surface area contributed by atoms with E-state index in [1.54, 1.807) is 0 Å². The molecule has 0 aliphatic carbocycles. The van der Waals surface area contributed by atoms with Gasteiger partial charge in [-0.2, -0.15) is 0 Å². The molecule has 6 heteroatoms. The molecule has 0 N–H and O–H groups in total. The highest BCUT2D eigenvalue weighted by Gasteiger charge is 2.49. The fourth-order valence-electron chi connectivity index (χ4n) is 1.17. The molecule has 0 fully saturated rings. The third kappa shape index (κ3) is 3.44. The van der Waals surface area contributed by atoms with Crippen LogP contribution in [0.1, 0.15) is 32.6 Å². The number of unbranched alkanes of at least 4 members (excludes halogenated alkanes) is 2. The van der Waals surface area contributed by atoms with E-state index in [0.29, 0.717) is 6.42 Å². The maximum atomic E-state index is 11.1. The first-order valence-corrected chi connectivity index (χ1v) is 5.62. The standard InChI is InChI=1S/C9H11Cl3O3/c1-2-3-4-5-9(6(10)13,7(11)14)8(12)15/h2-5H2,1H3. The molecule has 0 spiro atoms. The lowest BCUT2D eigenvalue weighted by Gasteiger charge is -2.20. The zero-order valence-electron chi connectivity index (χ0n) is 8.19. The van der Waals surface area contributed by atoms with Gasteiger partial charge in [0, 0.05) is 0 Å². The highest BCUT2D eigenvalue weighted by atomic mass is 35.5. The van der Waals surface area contributed by atoms with Crippen molar-refractivity contribution in [3.63, 3.8) is 0 Å². The molecule has 0 amide bonds. The maximum Gasteiger partial charge on any atom is 0.245 e. The molecular formula is C9H11Cl3O3. The Morgan fingerprint density at radius 1 is 0.933 bits per heavy atom. The summed E-state index contributed by atoms with van der Waals surface area (Å²) in [6.07, 6.45) is 2.10. The van der Waals surface area contributed by atoms with Crippen LogP contribution in [0, 0.1) is 5.41 Å². The highest BCUT2D eigenvalue weighted by molar-refractivity contribution is 6.83. The first-order valence-electron chi connectivity index (χ1n) is 4.49. The number of carbonyl (C=O) groups is 3. The third-order valence-electron chi connectivity index (χ3n) is 2.16. The fourth-order valence-corrected chi connectivity index (χ4v) is 2.11. The fraction of sp³-hybridized carbons (Fsp3) is 0.667. The molecule has 0 aliphatic heterocycles. The second-order valence-corrected chi connectivity index (χ2v) is 4.21. The Labute approximate surface area is 103 Å². The van der Waals surface area contributed by atoms with Crippen LogP contribution in [0.2, 0.25) is 0 Å². The minimum Gasteiger partial charge on any atom is -0.280 e. The van der Waals surface area contributed by atoms with Crippen molar-refractivity contribution in [2.45, 2.75) is 32.6 Å². The van der Waals surface area contributed by atoms with Crippen LogP contribution in [0.4, 0.5) is 0 Å². The minimum absolute atomic E-state index is 0.0339. The molecule has 86 valence electrons.